The predicted octanol–water partition coefficient (Wildman–Crippen LogP) is 2.44. The minimum atomic E-state index is -3.78. The van der Waals surface area contributed by atoms with E-state index in [1.54, 1.807) is 12.1 Å². The number of carbonyl (C=O) groups is 1. The molecule has 2 aromatic carbocycles. The van der Waals surface area contributed by atoms with E-state index in [1.165, 1.54) is 16.4 Å². The Morgan fingerprint density at radius 2 is 1.76 bits per heavy atom. The number of nitrogens with one attached hydrogen (secondary N) is 2. The highest BCUT2D eigenvalue weighted by molar-refractivity contribution is 7.89. The van der Waals surface area contributed by atoms with Crippen LogP contribution in [0, 0.1) is 5.92 Å². The molecule has 0 radical (unpaired) electrons. The van der Waals surface area contributed by atoms with E-state index in [9.17, 15) is 18.3 Å². The van der Waals surface area contributed by atoms with Crippen LogP contribution in [0.5, 0.6) is 0 Å². The molecule has 0 saturated heterocycles. The van der Waals surface area contributed by atoms with E-state index in [2.05, 4.69) is 10.6 Å². The summed E-state index contributed by atoms with van der Waals surface area (Å²) >= 11 is 0. The van der Waals surface area contributed by atoms with Gasteiger partial charge in [-0.15, -0.1) is 0 Å². The van der Waals surface area contributed by atoms with Crippen molar-refractivity contribution in [2.24, 2.45) is 5.92 Å². The normalized spacial score (nSPS) is 22.4. The van der Waals surface area contributed by atoms with E-state index in [-0.39, 0.29) is 23.9 Å². The lowest BCUT2D eigenvalue weighted by Crippen LogP contribution is -2.52. The molecule has 2 unspecified atom stereocenters. The summed E-state index contributed by atoms with van der Waals surface area (Å²) < 4.78 is 27.6. The van der Waals surface area contributed by atoms with Crippen LogP contribution in [-0.4, -0.2) is 49.1 Å². The second-order valence-electron chi connectivity index (χ2n) is 7.70. The van der Waals surface area contributed by atoms with Crippen molar-refractivity contribution >= 4 is 21.7 Å². The largest absolute Gasteiger partial charge is 0.390 e. The van der Waals surface area contributed by atoms with Gasteiger partial charge in [-0.1, -0.05) is 44.2 Å². The monoisotopic (exact) mass is 417 g/mol. The van der Waals surface area contributed by atoms with Crippen LogP contribution in [0.3, 0.4) is 0 Å². The van der Waals surface area contributed by atoms with Gasteiger partial charge in [0.05, 0.1) is 17.0 Å². The van der Waals surface area contributed by atoms with Crippen LogP contribution in [0.2, 0.25) is 0 Å². The minimum Gasteiger partial charge on any atom is -0.390 e. The fourth-order valence-electron chi connectivity index (χ4n) is 3.36. The summed E-state index contributed by atoms with van der Waals surface area (Å²) in [6, 6.07) is 14.4. The third kappa shape index (κ3) is 5.35. The number of hydrogen-bond acceptors (Lipinski definition) is 4. The molecule has 0 saturated carbocycles. The summed E-state index contributed by atoms with van der Waals surface area (Å²) in [5, 5.41) is 16.4. The van der Waals surface area contributed by atoms with Gasteiger partial charge in [-0.25, -0.2) is 13.2 Å². The minimum absolute atomic E-state index is 0.0768. The molecule has 156 valence electrons. The maximum Gasteiger partial charge on any atom is 0.319 e. The molecule has 3 N–H and O–H groups in total. The number of amides is 2. The van der Waals surface area contributed by atoms with Gasteiger partial charge in [0, 0.05) is 18.8 Å². The summed E-state index contributed by atoms with van der Waals surface area (Å²) in [5.41, 5.74) is 1.41. The molecular weight excluding hydrogens is 390 g/mol. The number of benzene rings is 2. The van der Waals surface area contributed by atoms with Gasteiger partial charge in [0.15, 0.2) is 0 Å². The van der Waals surface area contributed by atoms with Crippen LogP contribution in [0.1, 0.15) is 19.4 Å². The molecule has 2 amide bonds. The van der Waals surface area contributed by atoms with E-state index in [4.69, 9.17) is 0 Å². The number of sulfonamides is 1. The topological polar surface area (TPSA) is 98.7 Å². The Kier molecular flexibility index (Phi) is 6.56. The number of aliphatic hydroxyl groups excluding tert-OH is 1. The van der Waals surface area contributed by atoms with Crippen LogP contribution >= 0.6 is 0 Å². The molecule has 2 bridgehead atoms. The van der Waals surface area contributed by atoms with E-state index in [0.29, 0.717) is 12.1 Å². The highest BCUT2D eigenvalue weighted by Crippen LogP contribution is 2.22. The number of fused-ring (bicyclic) bond motifs is 9. The number of nitrogens with zero attached hydrogens (tertiary/aromatic N) is 1. The van der Waals surface area contributed by atoms with Crippen LogP contribution in [0.4, 0.5) is 10.5 Å². The lowest BCUT2D eigenvalue weighted by atomic mass is 10.0. The quantitative estimate of drug-likeness (QED) is 0.712. The molecule has 2 aliphatic heterocycles. The first kappa shape index (κ1) is 21.3. The van der Waals surface area contributed by atoms with Crippen LogP contribution in [-0.2, 0) is 16.4 Å². The first-order chi connectivity index (χ1) is 13.8. The number of rotatable bonds is 4. The summed E-state index contributed by atoms with van der Waals surface area (Å²) in [6.07, 6.45) is -0.700. The second kappa shape index (κ2) is 8.94. The van der Waals surface area contributed by atoms with Crippen LogP contribution < -0.4 is 10.6 Å². The van der Waals surface area contributed by atoms with Crippen molar-refractivity contribution in [3.63, 3.8) is 0 Å². The van der Waals surface area contributed by atoms with Crippen molar-refractivity contribution in [2.45, 2.75) is 37.3 Å². The highest BCUT2D eigenvalue weighted by atomic mass is 32.2. The van der Waals surface area contributed by atoms with Gasteiger partial charge in [-0.05, 0) is 42.2 Å². The Balaban J connectivity index is 1.97. The Hall–Kier alpha value is -2.42. The molecule has 4 rings (SSSR count). The number of anilines is 1. The predicted molar refractivity (Wildman–Crippen MR) is 112 cm³/mol. The first-order valence-electron chi connectivity index (χ1n) is 9.65. The van der Waals surface area contributed by atoms with Crippen LogP contribution in [0.15, 0.2) is 59.5 Å². The van der Waals surface area contributed by atoms with Gasteiger partial charge in [-0.3, -0.25) is 0 Å². The molecule has 29 heavy (non-hydrogen) atoms. The first-order valence-corrected chi connectivity index (χ1v) is 11.1. The zero-order valence-corrected chi connectivity index (χ0v) is 17.4. The standard InChI is InChI=1S/C21H27N3O4S/c1-15(2)13-24-14-20(25)19(12-16-6-4-3-5-7-16)23-21(26)22-17-8-10-18(11-9-17)29(24,27)28/h3-11,15,19-20,25H,12-14H2,1-2H3,(H2,22,23,26). The smallest absolute Gasteiger partial charge is 0.319 e. The van der Waals surface area contributed by atoms with E-state index >= 15 is 0 Å². The number of aliphatic hydroxyl groups is 1. The van der Waals surface area contributed by atoms with E-state index in [0.717, 1.165) is 5.56 Å². The molecule has 7 nitrogen and oxygen atoms in total. The fraction of sp³-hybridized carbons (Fsp3) is 0.381. The zero-order valence-electron chi connectivity index (χ0n) is 16.6. The van der Waals surface area contributed by atoms with E-state index < -0.39 is 28.2 Å². The average Bonchev–Trinajstić information content (AvgIpc) is 2.67. The molecule has 8 heteroatoms. The Labute approximate surface area is 171 Å². The Bertz CT molecular complexity index is 930. The average molecular weight is 418 g/mol. The van der Waals surface area contributed by atoms with Gasteiger partial charge in [0.1, 0.15) is 0 Å². The fourth-order valence-corrected chi connectivity index (χ4v) is 4.98. The maximum absolute atomic E-state index is 13.2. The Morgan fingerprint density at radius 1 is 1.10 bits per heavy atom. The molecule has 2 aliphatic rings. The third-order valence-electron chi connectivity index (χ3n) is 4.79. The highest BCUT2D eigenvalue weighted by Gasteiger charge is 2.31. The molecule has 0 spiro atoms. The van der Waals surface area contributed by atoms with E-state index in [1.807, 2.05) is 44.2 Å². The van der Waals surface area contributed by atoms with Gasteiger partial charge in [0.25, 0.3) is 0 Å². The van der Waals surface area contributed by atoms with Gasteiger partial charge >= 0.3 is 6.03 Å². The van der Waals surface area contributed by atoms with Crippen molar-refractivity contribution < 1.29 is 18.3 Å². The van der Waals surface area contributed by atoms with Gasteiger partial charge in [0.2, 0.25) is 10.0 Å². The molecule has 2 aromatic rings. The zero-order chi connectivity index (χ0) is 21.0. The van der Waals surface area contributed by atoms with Crippen LogP contribution in [0.25, 0.3) is 0 Å². The second-order valence-corrected chi connectivity index (χ2v) is 9.64. The van der Waals surface area contributed by atoms with Gasteiger partial charge < -0.3 is 15.7 Å². The number of hydrogen-bond donors (Lipinski definition) is 3. The maximum atomic E-state index is 13.2. The summed E-state index contributed by atoms with van der Waals surface area (Å²) in [6.45, 7) is 4.01. The lowest BCUT2D eigenvalue weighted by molar-refractivity contribution is 0.105. The SMILES string of the molecule is CC(C)CN1CC(O)C(Cc2ccccc2)NC(=O)Nc2ccc(cc2)S1(=O)=O. The van der Waals surface area contributed by atoms with Gasteiger partial charge in [-0.2, -0.15) is 4.31 Å². The molecule has 2 atom stereocenters. The van der Waals surface area contributed by atoms with Crippen molar-refractivity contribution in [1.29, 1.82) is 0 Å². The lowest BCUT2D eigenvalue weighted by Gasteiger charge is -2.31. The summed E-state index contributed by atoms with van der Waals surface area (Å²) in [4.78, 5) is 12.6. The van der Waals surface area contributed by atoms with Crippen molar-refractivity contribution in [1.82, 2.24) is 9.62 Å². The molecular formula is C21H27N3O4S. The molecule has 2 heterocycles. The number of urea groups is 1. The summed E-state index contributed by atoms with van der Waals surface area (Å²) in [5.74, 6) is 0.0768. The van der Waals surface area contributed by atoms with Crippen molar-refractivity contribution in [3.8, 4) is 0 Å². The molecule has 0 aliphatic carbocycles. The number of carbonyl (C=O) groups excluding carboxylic acids is 1. The molecule has 0 aromatic heterocycles. The summed E-state index contributed by atoms with van der Waals surface area (Å²) in [7, 11) is -3.78. The van der Waals surface area contributed by atoms with Crippen molar-refractivity contribution in [3.05, 3.63) is 60.2 Å². The van der Waals surface area contributed by atoms with Crippen molar-refractivity contribution in [2.75, 3.05) is 18.4 Å². The third-order valence-corrected chi connectivity index (χ3v) is 6.63. The Morgan fingerprint density at radius 3 is 2.38 bits per heavy atom. The molecule has 0 fully saturated rings.